The Morgan fingerprint density at radius 2 is 1.94 bits per heavy atom. The lowest BCUT2D eigenvalue weighted by atomic mass is 9.90. The molecule has 3 heterocycles. The Balaban J connectivity index is 1.40. The summed E-state index contributed by atoms with van der Waals surface area (Å²) in [5.74, 6) is -1.85. The van der Waals surface area contributed by atoms with Gasteiger partial charge in [0.05, 0.1) is 24.3 Å². The van der Waals surface area contributed by atoms with E-state index in [0.717, 1.165) is 30.5 Å². The molecule has 6 nitrogen and oxygen atoms in total. The topological polar surface area (TPSA) is 71.5 Å². The van der Waals surface area contributed by atoms with Gasteiger partial charge in [0.15, 0.2) is 0 Å². The molecule has 35 heavy (non-hydrogen) atoms. The molecule has 9 heteroatoms. The Bertz CT molecular complexity index is 1140. The maximum atomic E-state index is 14.8. The van der Waals surface area contributed by atoms with Crippen LogP contribution in [0.4, 0.5) is 8.78 Å². The average Bonchev–Trinajstić information content (AvgIpc) is 3.58. The van der Waals surface area contributed by atoms with Crippen LogP contribution in [0.3, 0.4) is 0 Å². The van der Waals surface area contributed by atoms with Crippen LogP contribution in [0.1, 0.15) is 72.6 Å². The number of nitrogens with zero attached hydrogens (tertiary/aromatic N) is 2. The highest BCUT2D eigenvalue weighted by Gasteiger charge is 2.43. The van der Waals surface area contributed by atoms with Crippen LogP contribution in [0.2, 0.25) is 5.02 Å². The standard InChI is InChI=1S/C26H28ClF2N3O3/c1-2-17-5-6-23(32(17)26(34)22-9-15(7-8-30-22)14-3-4-14)25(33)31-24(16-12-35-13-16)18-10-21(29)19(27)11-20(18)28/h7-11,14,16-17,23-24H,2-6,12-13H2,1H3,(H,31,33)/t17-,23-,24?/m1/s1. The van der Waals surface area contributed by atoms with E-state index < -0.39 is 23.7 Å². The van der Waals surface area contributed by atoms with Gasteiger partial charge in [-0.2, -0.15) is 0 Å². The number of carbonyl (C=O) groups excluding carboxylic acids is 2. The van der Waals surface area contributed by atoms with Gasteiger partial charge in [-0.15, -0.1) is 0 Å². The molecule has 0 radical (unpaired) electrons. The Labute approximate surface area is 208 Å². The molecule has 2 aliphatic heterocycles. The van der Waals surface area contributed by atoms with Gasteiger partial charge in [-0.1, -0.05) is 18.5 Å². The fourth-order valence-electron chi connectivity index (χ4n) is 5.14. The van der Waals surface area contributed by atoms with Gasteiger partial charge in [-0.25, -0.2) is 8.78 Å². The molecule has 3 aliphatic rings. The normalized spacial score (nSPS) is 23.1. The fourth-order valence-corrected chi connectivity index (χ4v) is 5.29. The Kier molecular flexibility index (Phi) is 6.77. The Hall–Kier alpha value is -2.58. The Morgan fingerprint density at radius 1 is 1.17 bits per heavy atom. The third-order valence-electron chi connectivity index (χ3n) is 7.37. The molecular formula is C26H28ClF2N3O3. The van der Waals surface area contributed by atoms with Gasteiger partial charge in [0.25, 0.3) is 5.91 Å². The zero-order valence-corrected chi connectivity index (χ0v) is 20.2. The number of likely N-dealkylation sites (tertiary alicyclic amines) is 1. The summed E-state index contributed by atoms with van der Waals surface area (Å²) >= 11 is 5.73. The second-order valence-corrected chi connectivity index (χ2v) is 10.1. The lowest BCUT2D eigenvalue weighted by molar-refractivity contribution is -0.128. The van der Waals surface area contributed by atoms with E-state index in [1.54, 1.807) is 11.1 Å². The van der Waals surface area contributed by atoms with Crippen LogP contribution < -0.4 is 5.32 Å². The molecule has 2 aromatic rings. The van der Waals surface area contributed by atoms with Gasteiger partial charge in [-0.3, -0.25) is 14.6 Å². The summed E-state index contributed by atoms with van der Waals surface area (Å²) < 4.78 is 34.2. The third-order valence-corrected chi connectivity index (χ3v) is 7.66. The first-order valence-electron chi connectivity index (χ1n) is 12.2. The monoisotopic (exact) mass is 503 g/mol. The summed E-state index contributed by atoms with van der Waals surface area (Å²) in [6.07, 6.45) is 5.75. The molecule has 3 fully saturated rings. The van der Waals surface area contributed by atoms with E-state index in [-0.39, 0.29) is 34.4 Å². The number of hydrogen-bond acceptors (Lipinski definition) is 4. The number of carbonyl (C=O) groups is 2. The predicted molar refractivity (Wildman–Crippen MR) is 126 cm³/mol. The molecule has 1 N–H and O–H groups in total. The molecule has 1 unspecified atom stereocenters. The smallest absolute Gasteiger partial charge is 0.273 e. The third kappa shape index (κ3) is 4.78. The summed E-state index contributed by atoms with van der Waals surface area (Å²) in [5.41, 5.74) is 1.46. The minimum absolute atomic E-state index is 0.0234. The molecule has 1 aliphatic carbocycles. The lowest BCUT2D eigenvalue weighted by Gasteiger charge is -2.36. The highest BCUT2D eigenvalue weighted by Crippen LogP contribution is 2.40. The minimum Gasteiger partial charge on any atom is -0.381 e. The quantitative estimate of drug-likeness (QED) is 0.552. The molecule has 2 amide bonds. The molecule has 3 atom stereocenters. The molecule has 0 bridgehead atoms. The van der Waals surface area contributed by atoms with Crippen molar-refractivity contribution in [2.45, 2.75) is 63.1 Å². The Morgan fingerprint density at radius 3 is 2.60 bits per heavy atom. The number of amides is 2. The number of aromatic nitrogens is 1. The molecule has 1 aromatic heterocycles. The van der Waals surface area contributed by atoms with Gasteiger partial charge in [0, 0.05) is 23.7 Å². The van der Waals surface area contributed by atoms with Crippen LogP contribution in [-0.2, 0) is 9.53 Å². The van der Waals surface area contributed by atoms with E-state index in [0.29, 0.717) is 44.1 Å². The van der Waals surface area contributed by atoms with E-state index >= 15 is 0 Å². The number of halogens is 3. The second-order valence-electron chi connectivity index (χ2n) is 9.69. The van der Waals surface area contributed by atoms with E-state index in [9.17, 15) is 18.4 Å². The maximum Gasteiger partial charge on any atom is 0.273 e. The van der Waals surface area contributed by atoms with Crippen molar-refractivity contribution in [2.75, 3.05) is 13.2 Å². The van der Waals surface area contributed by atoms with Gasteiger partial charge in [0.1, 0.15) is 23.4 Å². The summed E-state index contributed by atoms with van der Waals surface area (Å²) in [6.45, 7) is 2.62. The van der Waals surface area contributed by atoms with Crippen LogP contribution in [0, 0.1) is 17.6 Å². The largest absolute Gasteiger partial charge is 0.381 e. The van der Waals surface area contributed by atoms with Gasteiger partial charge >= 0.3 is 0 Å². The molecule has 2 saturated heterocycles. The molecule has 186 valence electrons. The summed E-state index contributed by atoms with van der Waals surface area (Å²) in [7, 11) is 0. The molecule has 5 rings (SSSR count). The summed E-state index contributed by atoms with van der Waals surface area (Å²) in [6, 6.07) is 4.10. The molecule has 1 aromatic carbocycles. The number of rotatable bonds is 7. The minimum atomic E-state index is -0.794. The average molecular weight is 504 g/mol. The molecule has 1 saturated carbocycles. The van der Waals surface area contributed by atoms with Crippen molar-refractivity contribution in [2.24, 2.45) is 5.92 Å². The van der Waals surface area contributed by atoms with Gasteiger partial charge in [-0.05, 0) is 67.9 Å². The van der Waals surface area contributed by atoms with E-state index in [1.807, 2.05) is 19.1 Å². The summed E-state index contributed by atoms with van der Waals surface area (Å²) in [4.78, 5) is 33.0. The summed E-state index contributed by atoms with van der Waals surface area (Å²) in [5, 5.41) is 2.58. The first-order valence-corrected chi connectivity index (χ1v) is 12.6. The number of hydrogen-bond donors (Lipinski definition) is 1. The van der Waals surface area contributed by atoms with E-state index in [4.69, 9.17) is 16.3 Å². The number of benzene rings is 1. The van der Waals surface area contributed by atoms with Crippen molar-refractivity contribution < 1.29 is 23.1 Å². The van der Waals surface area contributed by atoms with Crippen molar-refractivity contribution in [1.82, 2.24) is 15.2 Å². The zero-order valence-electron chi connectivity index (χ0n) is 19.5. The van der Waals surface area contributed by atoms with Crippen LogP contribution in [0.15, 0.2) is 30.5 Å². The fraction of sp³-hybridized carbons (Fsp3) is 0.500. The van der Waals surface area contributed by atoms with Crippen molar-refractivity contribution in [3.05, 3.63) is 63.9 Å². The SMILES string of the molecule is CC[C@@H]1CC[C@H](C(=O)NC(c2cc(F)c(Cl)cc2F)C2COC2)N1C(=O)c1cc(C2CC2)ccn1. The molecule has 0 spiro atoms. The zero-order chi connectivity index (χ0) is 24.7. The number of nitrogens with one attached hydrogen (secondary N) is 1. The van der Waals surface area contributed by atoms with Crippen LogP contribution in [0.5, 0.6) is 0 Å². The highest BCUT2D eigenvalue weighted by atomic mass is 35.5. The van der Waals surface area contributed by atoms with Crippen molar-refractivity contribution in [3.8, 4) is 0 Å². The van der Waals surface area contributed by atoms with Crippen LogP contribution >= 0.6 is 11.6 Å². The first-order chi connectivity index (χ1) is 16.9. The van der Waals surface area contributed by atoms with Crippen LogP contribution in [0.25, 0.3) is 0 Å². The predicted octanol–water partition coefficient (Wildman–Crippen LogP) is 4.78. The van der Waals surface area contributed by atoms with Crippen molar-refractivity contribution in [3.63, 3.8) is 0 Å². The maximum absolute atomic E-state index is 14.8. The highest BCUT2D eigenvalue weighted by molar-refractivity contribution is 6.30. The number of pyridine rings is 1. The second kappa shape index (κ2) is 9.82. The van der Waals surface area contributed by atoms with Gasteiger partial charge < -0.3 is 15.0 Å². The lowest BCUT2D eigenvalue weighted by Crippen LogP contribution is -2.52. The van der Waals surface area contributed by atoms with Crippen LogP contribution in [-0.4, -0.2) is 47.0 Å². The van der Waals surface area contributed by atoms with E-state index in [2.05, 4.69) is 10.3 Å². The first kappa shape index (κ1) is 24.1. The molecular weight excluding hydrogens is 476 g/mol. The van der Waals surface area contributed by atoms with Gasteiger partial charge in [0.2, 0.25) is 5.91 Å². The van der Waals surface area contributed by atoms with Crippen molar-refractivity contribution in [1.29, 1.82) is 0 Å². The number of ether oxygens (including phenoxy) is 1. The van der Waals surface area contributed by atoms with E-state index in [1.165, 1.54) is 0 Å². The van der Waals surface area contributed by atoms with Crippen molar-refractivity contribution >= 4 is 23.4 Å².